The minimum atomic E-state index is 0.471. The van der Waals surface area contributed by atoms with Gasteiger partial charge in [0.1, 0.15) is 0 Å². The number of rotatable bonds is 14. The van der Waals surface area contributed by atoms with Crippen molar-refractivity contribution in [3.05, 3.63) is 291 Å². The van der Waals surface area contributed by atoms with Crippen molar-refractivity contribution in [1.82, 2.24) is 34.5 Å². The number of hydrogen-bond acceptors (Lipinski definition) is 6. The maximum atomic E-state index is 5.39. The van der Waals surface area contributed by atoms with Crippen LogP contribution in [-0.2, 0) is 0 Å². The van der Waals surface area contributed by atoms with E-state index in [4.69, 9.17) is 29.9 Å². The minimum absolute atomic E-state index is 0.471. The molecule has 0 aliphatic carbocycles. The van der Waals surface area contributed by atoms with Gasteiger partial charge in [-0.25, -0.2) is 19.9 Å². The molecule has 11 aromatic carbocycles. The summed E-state index contributed by atoms with van der Waals surface area (Å²) in [5.74, 6) is 4.01. The van der Waals surface area contributed by atoms with Gasteiger partial charge in [-0.1, -0.05) is 244 Å². The molecular weight excluding hydrogens is 1050 g/mol. The van der Waals surface area contributed by atoms with Gasteiger partial charge in [0.05, 0.1) is 11.0 Å². The second-order valence-electron chi connectivity index (χ2n) is 22.2. The summed E-state index contributed by atoms with van der Waals surface area (Å²) in [5, 5.41) is 2.14. The highest BCUT2D eigenvalue weighted by molar-refractivity contribution is 6.16. The molecule has 0 unspecified atom stereocenters. The maximum Gasteiger partial charge on any atom is 0.238 e. The molecule has 0 spiro atoms. The van der Waals surface area contributed by atoms with Crippen LogP contribution in [0, 0.1) is 5.92 Å². The molecule has 0 amide bonds. The van der Waals surface area contributed by atoms with Crippen LogP contribution in [0.4, 0.5) is 0 Å². The molecule has 14 rings (SSSR count). The third kappa shape index (κ3) is 10.8. The van der Waals surface area contributed by atoms with E-state index >= 15 is 0 Å². The number of hydrogen-bond donors (Lipinski definition) is 0. The Morgan fingerprint density at radius 3 is 1.21 bits per heavy atom. The molecule has 14 aromatic rings. The molecule has 0 radical (unpaired) electrons. The van der Waals surface area contributed by atoms with Gasteiger partial charge in [0.2, 0.25) is 5.95 Å². The van der Waals surface area contributed by atoms with Gasteiger partial charge in [-0.3, -0.25) is 4.57 Å². The third-order valence-electron chi connectivity index (χ3n) is 15.9. The normalized spacial score (nSPS) is 11.7. The largest absolute Gasteiger partial charge is 0.278 e. The third-order valence-corrected chi connectivity index (χ3v) is 15.9. The first kappa shape index (κ1) is 53.0. The fourth-order valence-corrected chi connectivity index (χ4v) is 11.5. The number of benzene rings is 11. The second-order valence-corrected chi connectivity index (χ2v) is 22.2. The van der Waals surface area contributed by atoms with Gasteiger partial charge in [-0.05, 0) is 146 Å². The Morgan fingerprint density at radius 1 is 0.326 bits per heavy atom. The van der Waals surface area contributed by atoms with Crippen LogP contribution in [0.25, 0.3) is 146 Å². The lowest BCUT2D eigenvalue weighted by molar-refractivity contribution is 0.664. The Hall–Kier alpha value is -11.0. The number of aromatic nitrogens is 7. The van der Waals surface area contributed by atoms with Crippen LogP contribution in [0.2, 0.25) is 0 Å². The molecule has 3 aromatic heterocycles. The standard InChI is InChI=1S/C79H59N7/c1-52(2)41-42-53(3)74-80-76(63-36-20-34-60(46-63)68-49-66(56-27-13-6-14-28-56)48-67(50-68)57-29-15-7-16-30-57)83-77(81-74)65-38-21-35-62(47-65)69-39-22-40-72-73(69)70-51-61(55-25-11-5-12-26-55)43-44-71(70)86(72)79-84-75(58-31-17-8-18-32-58)82-78(85-79)64-37-19-33-59(45-64)54-23-9-4-10-24-54/h4-40,42-52H,41H2,1-3H3/b53-42+. The average molecular weight is 1110 g/mol. The van der Waals surface area contributed by atoms with Crippen molar-refractivity contribution >= 4 is 27.4 Å². The fraction of sp³-hybridized carbons (Fsp3) is 0.0633. The molecule has 0 fully saturated rings. The van der Waals surface area contributed by atoms with E-state index in [9.17, 15) is 0 Å². The Balaban J connectivity index is 0.925. The van der Waals surface area contributed by atoms with Gasteiger partial charge >= 0.3 is 0 Å². The van der Waals surface area contributed by atoms with E-state index in [2.05, 4.69) is 286 Å². The molecule has 0 saturated heterocycles. The molecule has 86 heavy (non-hydrogen) atoms. The van der Waals surface area contributed by atoms with Gasteiger partial charge in [0, 0.05) is 33.0 Å². The van der Waals surface area contributed by atoms with Crippen LogP contribution in [0.1, 0.15) is 33.0 Å². The van der Waals surface area contributed by atoms with Crippen molar-refractivity contribution in [2.75, 3.05) is 0 Å². The number of nitrogens with zero attached hydrogens (tertiary/aromatic N) is 7. The summed E-state index contributed by atoms with van der Waals surface area (Å²) in [7, 11) is 0. The predicted octanol–water partition coefficient (Wildman–Crippen LogP) is 20.3. The zero-order valence-corrected chi connectivity index (χ0v) is 48.1. The molecule has 7 heteroatoms. The van der Waals surface area contributed by atoms with Crippen LogP contribution in [0.15, 0.2) is 285 Å². The van der Waals surface area contributed by atoms with Crippen molar-refractivity contribution in [3.8, 4) is 118 Å². The van der Waals surface area contributed by atoms with Gasteiger partial charge < -0.3 is 0 Å². The quantitative estimate of drug-likeness (QED) is 0.108. The molecule has 3 heterocycles. The van der Waals surface area contributed by atoms with Crippen molar-refractivity contribution in [1.29, 1.82) is 0 Å². The molecule has 7 nitrogen and oxygen atoms in total. The minimum Gasteiger partial charge on any atom is -0.278 e. The molecule has 0 bridgehead atoms. The lowest BCUT2D eigenvalue weighted by Crippen LogP contribution is -2.06. The van der Waals surface area contributed by atoms with E-state index in [1.165, 1.54) is 0 Å². The molecule has 0 saturated carbocycles. The van der Waals surface area contributed by atoms with Crippen molar-refractivity contribution in [3.63, 3.8) is 0 Å². The first-order valence-corrected chi connectivity index (χ1v) is 29.3. The van der Waals surface area contributed by atoms with E-state index in [-0.39, 0.29) is 0 Å². The van der Waals surface area contributed by atoms with Crippen LogP contribution in [0.3, 0.4) is 0 Å². The van der Waals surface area contributed by atoms with Gasteiger partial charge in [-0.15, -0.1) is 0 Å². The summed E-state index contributed by atoms with van der Waals surface area (Å²) in [4.78, 5) is 31.8. The summed E-state index contributed by atoms with van der Waals surface area (Å²) in [6.45, 7) is 6.58. The first-order valence-electron chi connectivity index (χ1n) is 29.3. The highest BCUT2D eigenvalue weighted by atomic mass is 15.2. The zero-order valence-electron chi connectivity index (χ0n) is 48.1. The Kier molecular flexibility index (Phi) is 14.4. The molecule has 0 aliphatic heterocycles. The smallest absolute Gasteiger partial charge is 0.238 e. The summed E-state index contributed by atoms with van der Waals surface area (Å²) in [5.41, 5.74) is 19.8. The first-order chi connectivity index (χ1) is 42.3. The van der Waals surface area contributed by atoms with Gasteiger partial charge in [-0.2, -0.15) is 9.97 Å². The van der Waals surface area contributed by atoms with Gasteiger partial charge in [0.25, 0.3) is 0 Å². The maximum absolute atomic E-state index is 5.39. The van der Waals surface area contributed by atoms with Gasteiger partial charge in [0.15, 0.2) is 29.1 Å². The van der Waals surface area contributed by atoms with Crippen LogP contribution >= 0.6 is 0 Å². The summed E-state index contributed by atoms with van der Waals surface area (Å²) in [6, 6.07) is 98.1. The molecule has 0 aliphatic rings. The van der Waals surface area contributed by atoms with Crippen molar-refractivity contribution in [2.45, 2.75) is 27.2 Å². The number of allylic oxidation sites excluding steroid dienone is 2. The lowest BCUT2D eigenvalue weighted by Gasteiger charge is -2.13. The lowest BCUT2D eigenvalue weighted by atomic mass is 9.93. The summed E-state index contributed by atoms with van der Waals surface area (Å²) < 4.78 is 2.21. The van der Waals surface area contributed by atoms with Crippen molar-refractivity contribution < 1.29 is 0 Å². The van der Waals surface area contributed by atoms with E-state index in [0.717, 1.165) is 123 Å². The number of fused-ring (bicyclic) bond motifs is 3. The Labute approximate surface area is 501 Å². The SMILES string of the molecule is C/C(=C\CC(C)C)c1nc(-c2cccc(-c3cc(-c4ccccc4)cc(-c4ccccc4)c3)c2)nc(-c2cccc(-c3cccc4c3c3cc(-c5ccccc5)ccc3n4-c3nc(-c4ccccc4)nc(-c4cccc(-c5ccccc5)c4)n3)c2)n1. The molecule has 0 N–H and O–H groups in total. The summed E-state index contributed by atoms with van der Waals surface area (Å²) in [6.07, 6.45) is 3.15. The fourth-order valence-electron chi connectivity index (χ4n) is 11.5. The van der Waals surface area contributed by atoms with E-state index in [1.807, 2.05) is 24.3 Å². The van der Waals surface area contributed by atoms with Crippen LogP contribution in [-0.4, -0.2) is 34.5 Å². The monoisotopic (exact) mass is 1110 g/mol. The van der Waals surface area contributed by atoms with E-state index in [1.54, 1.807) is 0 Å². The highest BCUT2D eigenvalue weighted by Crippen LogP contribution is 2.42. The highest BCUT2D eigenvalue weighted by Gasteiger charge is 2.22. The van der Waals surface area contributed by atoms with E-state index < -0.39 is 0 Å². The molecule has 410 valence electrons. The van der Waals surface area contributed by atoms with Crippen LogP contribution in [0.5, 0.6) is 0 Å². The predicted molar refractivity (Wildman–Crippen MR) is 355 cm³/mol. The Morgan fingerprint density at radius 2 is 0.698 bits per heavy atom. The average Bonchev–Trinajstić information content (AvgIpc) is 1.67. The molecule has 0 atom stereocenters. The zero-order chi connectivity index (χ0) is 57.9. The molecular formula is C79H59N7. The summed E-state index contributed by atoms with van der Waals surface area (Å²) >= 11 is 0. The van der Waals surface area contributed by atoms with Crippen molar-refractivity contribution in [2.24, 2.45) is 5.92 Å². The van der Waals surface area contributed by atoms with E-state index in [0.29, 0.717) is 41.0 Å². The second kappa shape index (κ2) is 23.3. The van der Waals surface area contributed by atoms with Crippen LogP contribution < -0.4 is 0 Å². The topological polar surface area (TPSA) is 82.3 Å². The Bertz CT molecular complexity index is 4750.